The minimum absolute atomic E-state index is 0.0280. The average molecular weight is 451 g/mol. The van der Waals surface area contributed by atoms with E-state index in [2.05, 4.69) is 16.9 Å². The quantitative estimate of drug-likeness (QED) is 0.355. The van der Waals surface area contributed by atoms with Crippen molar-refractivity contribution in [1.29, 1.82) is 0 Å². The Hall–Kier alpha value is -2.38. The predicted octanol–water partition coefficient (Wildman–Crippen LogP) is 4.60. The lowest BCUT2D eigenvalue weighted by molar-refractivity contribution is -0.147. The number of carbonyl (C=O) groups excluding carboxylic acids is 1. The number of rotatable bonds is 13. The molecule has 1 N–H and O–H groups in total. The number of imidazole rings is 1. The summed E-state index contributed by atoms with van der Waals surface area (Å²) in [4.78, 5) is 40.7. The van der Waals surface area contributed by atoms with E-state index in [0.717, 1.165) is 11.0 Å². The molecule has 2 heterocycles. The van der Waals surface area contributed by atoms with E-state index < -0.39 is 0 Å². The Morgan fingerprint density at radius 2 is 1.47 bits per heavy atom. The summed E-state index contributed by atoms with van der Waals surface area (Å²) < 4.78 is 7.47. The molecule has 2 aromatic heterocycles. The highest BCUT2D eigenvalue weighted by atomic mass is 16.5. The summed E-state index contributed by atoms with van der Waals surface area (Å²) in [5.74, 6) is -0.0362. The Morgan fingerprint density at radius 1 is 0.938 bits per heavy atom. The van der Waals surface area contributed by atoms with Gasteiger partial charge in [0, 0.05) is 20.5 Å². The molecule has 0 amide bonds. The molecule has 8 heteroatoms. The average Bonchev–Trinajstić information content (AvgIpc) is 3.25. The van der Waals surface area contributed by atoms with Crippen LogP contribution in [-0.2, 0) is 23.6 Å². The lowest BCUT2D eigenvalue weighted by Crippen LogP contribution is -2.36. The summed E-state index contributed by atoms with van der Waals surface area (Å²) in [6, 6.07) is 0. The van der Waals surface area contributed by atoms with E-state index in [-0.39, 0.29) is 23.3 Å². The van der Waals surface area contributed by atoms with Gasteiger partial charge < -0.3 is 9.72 Å². The molecule has 0 radical (unpaired) electrons. The molecule has 32 heavy (non-hydrogen) atoms. The molecule has 0 aliphatic rings. The van der Waals surface area contributed by atoms with Crippen LogP contribution in [0.4, 0.5) is 0 Å². The number of hydrogen-bond donors (Lipinski definition) is 1. The van der Waals surface area contributed by atoms with Gasteiger partial charge in [0.25, 0.3) is 5.56 Å². The topological polar surface area (TPSA) is 99.0 Å². The molecule has 0 bridgehead atoms. The number of aromatic amines is 1. The molecular weight excluding hydrogens is 408 g/mol. The van der Waals surface area contributed by atoms with Gasteiger partial charge in [-0.15, -0.1) is 0 Å². The van der Waals surface area contributed by atoms with E-state index in [1.54, 1.807) is 7.05 Å². The van der Waals surface area contributed by atoms with Crippen LogP contribution in [0, 0.1) is 0 Å². The third-order valence-corrected chi connectivity index (χ3v) is 5.38. The van der Waals surface area contributed by atoms with Gasteiger partial charge in [-0.2, -0.15) is 0 Å². The van der Waals surface area contributed by atoms with Crippen LogP contribution in [0.15, 0.2) is 15.9 Å². The second kappa shape index (κ2) is 15.4. The van der Waals surface area contributed by atoms with Crippen molar-refractivity contribution in [2.45, 2.75) is 104 Å². The Morgan fingerprint density at radius 3 is 2.00 bits per heavy atom. The largest absolute Gasteiger partial charge is 0.463 e. The number of unbranched alkanes of at least 4 members (excludes halogenated alkanes) is 10. The lowest BCUT2D eigenvalue weighted by Gasteiger charge is -2.07. The van der Waals surface area contributed by atoms with Gasteiger partial charge in [-0.3, -0.25) is 18.7 Å². The van der Waals surface area contributed by atoms with E-state index in [9.17, 15) is 14.4 Å². The maximum absolute atomic E-state index is 11.4. The van der Waals surface area contributed by atoms with Crippen LogP contribution < -0.4 is 11.2 Å². The summed E-state index contributed by atoms with van der Waals surface area (Å²) in [6.07, 6.45) is 16.5. The zero-order valence-electron chi connectivity index (χ0n) is 20.6. The molecule has 0 spiro atoms. The predicted molar refractivity (Wildman–Crippen MR) is 129 cm³/mol. The van der Waals surface area contributed by atoms with Gasteiger partial charge >= 0.3 is 11.7 Å². The summed E-state index contributed by atoms with van der Waals surface area (Å²) in [7, 11) is 3.01. The molecule has 0 saturated carbocycles. The van der Waals surface area contributed by atoms with Crippen molar-refractivity contribution in [2.75, 3.05) is 0 Å². The lowest BCUT2D eigenvalue weighted by atomic mass is 10.1. The van der Waals surface area contributed by atoms with E-state index in [1.807, 2.05) is 13.8 Å². The molecule has 0 unspecified atom stereocenters. The smallest absolute Gasteiger partial charge is 0.332 e. The van der Waals surface area contributed by atoms with E-state index in [0.29, 0.717) is 17.6 Å². The minimum atomic E-state index is -0.371. The number of carbonyl (C=O) groups is 1. The number of esters is 1. The summed E-state index contributed by atoms with van der Waals surface area (Å²) in [5, 5.41) is 0. The number of aryl methyl sites for hydroxylation is 1. The monoisotopic (exact) mass is 450 g/mol. The highest BCUT2D eigenvalue weighted by molar-refractivity contribution is 5.69. The highest BCUT2D eigenvalue weighted by Crippen LogP contribution is 2.12. The first-order valence-corrected chi connectivity index (χ1v) is 12.1. The van der Waals surface area contributed by atoms with Gasteiger partial charge in [0.2, 0.25) is 0 Å². The highest BCUT2D eigenvalue weighted by Gasteiger charge is 2.09. The number of aromatic nitrogens is 4. The Kier molecular flexibility index (Phi) is 13.3. The number of hydrogen-bond acceptors (Lipinski definition) is 5. The fourth-order valence-electron chi connectivity index (χ4n) is 3.52. The summed E-state index contributed by atoms with van der Waals surface area (Å²) >= 11 is 0. The summed E-state index contributed by atoms with van der Waals surface area (Å²) in [6.45, 7) is 6.06. The van der Waals surface area contributed by atoms with Crippen LogP contribution in [0.1, 0.15) is 97.8 Å². The van der Waals surface area contributed by atoms with Crippen molar-refractivity contribution in [3.05, 3.63) is 27.2 Å². The fourth-order valence-corrected chi connectivity index (χ4v) is 3.52. The van der Waals surface area contributed by atoms with Gasteiger partial charge in [0.15, 0.2) is 5.65 Å². The normalized spacial score (nSPS) is 10.9. The number of fused-ring (bicyclic) bond motifs is 1. The van der Waals surface area contributed by atoms with Crippen LogP contribution in [0.5, 0.6) is 0 Å². The van der Waals surface area contributed by atoms with Crippen LogP contribution in [-0.4, -0.2) is 31.2 Å². The van der Waals surface area contributed by atoms with Crippen LogP contribution >= 0.6 is 0 Å². The van der Waals surface area contributed by atoms with Crippen molar-refractivity contribution >= 4 is 17.1 Å². The van der Waals surface area contributed by atoms with Crippen LogP contribution in [0.2, 0.25) is 0 Å². The molecule has 2 rings (SSSR count). The van der Waals surface area contributed by atoms with Gasteiger partial charge in [-0.05, 0) is 20.3 Å². The number of ether oxygens (including phenoxy) is 1. The second-order valence-electron chi connectivity index (χ2n) is 8.63. The van der Waals surface area contributed by atoms with Crippen LogP contribution in [0.3, 0.4) is 0 Å². The molecule has 0 saturated heterocycles. The zero-order valence-corrected chi connectivity index (χ0v) is 20.6. The number of nitrogens with zero attached hydrogens (tertiary/aromatic N) is 3. The molecule has 0 atom stereocenters. The first kappa shape index (κ1) is 27.7. The van der Waals surface area contributed by atoms with Gasteiger partial charge in [-0.1, -0.05) is 71.1 Å². The van der Waals surface area contributed by atoms with Crippen molar-refractivity contribution in [3.63, 3.8) is 0 Å². The fraction of sp³-hybridized carbons (Fsp3) is 0.750. The standard InChI is InChI=1S/C17H34O2.C7H8N4O2/c1-4-5-6-7-8-9-10-11-12-13-14-15-17(18)19-16(2)3;1-10-5-4(8-3-9-5)6(12)11(2)7(10)13/h16H,4-15H2,1-3H3;3H,1-2H3,(H,8,9). The molecule has 182 valence electrons. The van der Waals surface area contributed by atoms with Crippen molar-refractivity contribution < 1.29 is 9.53 Å². The van der Waals surface area contributed by atoms with Gasteiger partial charge in [0.05, 0.1) is 12.4 Å². The Labute approximate surface area is 191 Å². The van der Waals surface area contributed by atoms with Gasteiger partial charge in [-0.25, -0.2) is 9.78 Å². The SMILES string of the molecule is CCCCCCCCCCCCCC(=O)OC(C)C.Cn1c(=O)c2[nH]cnc2n(C)c1=O. The molecule has 0 aliphatic heterocycles. The molecule has 8 nitrogen and oxygen atoms in total. The molecule has 0 fully saturated rings. The van der Waals surface area contributed by atoms with Crippen molar-refractivity contribution in [1.82, 2.24) is 19.1 Å². The molecular formula is C24H42N4O4. The van der Waals surface area contributed by atoms with Gasteiger partial charge in [0.1, 0.15) is 5.52 Å². The van der Waals surface area contributed by atoms with Crippen molar-refractivity contribution in [3.8, 4) is 0 Å². The zero-order chi connectivity index (χ0) is 23.9. The maximum Gasteiger partial charge on any atom is 0.332 e. The minimum Gasteiger partial charge on any atom is -0.463 e. The van der Waals surface area contributed by atoms with E-state index in [1.165, 1.54) is 82.2 Å². The second-order valence-corrected chi connectivity index (χ2v) is 8.63. The third-order valence-electron chi connectivity index (χ3n) is 5.38. The van der Waals surface area contributed by atoms with Crippen LogP contribution in [0.25, 0.3) is 11.2 Å². The Bertz CT molecular complexity index is 911. The summed E-state index contributed by atoms with van der Waals surface area (Å²) in [5.41, 5.74) is 0.0119. The third kappa shape index (κ3) is 9.83. The first-order chi connectivity index (χ1) is 15.3. The van der Waals surface area contributed by atoms with E-state index >= 15 is 0 Å². The van der Waals surface area contributed by atoms with E-state index in [4.69, 9.17) is 4.74 Å². The number of H-pyrrole nitrogens is 1. The molecule has 0 aromatic carbocycles. The van der Waals surface area contributed by atoms with Crippen molar-refractivity contribution in [2.24, 2.45) is 14.1 Å². The molecule has 2 aromatic rings. The maximum atomic E-state index is 11.4. The first-order valence-electron chi connectivity index (χ1n) is 12.1. The Balaban J connectivity index is 0.000000339. The molecule has 0 aliphatic carbocycles. The number of nitrogens with one attached hydrogen (secondary N) is 1.